The van der Waals surface area contributed by atoms with Crippen molar-refractivity contribution < 1.29 is 64.6 Å². The molecule has 0 aromatic carbocycles. The van der Waals surface area contributed by atoms with Gasteiger partial charge in [-0.2, -0.15) is 0 Å². The Hall–Kier alpha value is -1.01. The Kier molecular flexibility index (Phi) is 38.5. The van der Waals surface area contributed by atoms with Crippen LogP contribution in [0.2, 0.25) is 0 Å². The van der Waals surface area contributed by atoms with Crippen molar-refractivity contribution in [3.05, 3.63) is 0 Å². The fraction of sp³-hybridized carbons (Fsp3) is 0.981. The highest BCUT2D eigenvalue weighted by atomic mass is 16.7. The average Bonchev–Trinajstić information content (AvgIpc) is 3.34. The number of amides is 1. The molecule has 12 atom stereocenters. The molecule has 1 amide bonds. The summed E-state index contributed by atoms with van der Waals surface area (Å²) in [5, 5.41) is 87.1. The summed E-state index contributed by atoms with van der Waals surface area (Å²) in [4.78, 5) is 13.2. The Morgan fingerprint density at radius 3 is 1.25 bits per heavy atom. The van der Waals surface area contributed by atoms with E-state index < -0.39 is 86.8 Å². The van der Waals surface area contributed by atoms with Gasteiger partial charge in [0.15, 0.2) is 12.6 Å². The number of unbranched alkanes of at least 4 members (excludes halogenated alkanes) is 32. The summed E-state index contributed by atoms with van der Waals surface area (Å²) in [5.74, 6) is -0.203. The molecule has 0 radical (unpaired) electrons. The lowest BCUT2D eigenvalue weighted by Crippen LogP contribution is -2.65. The number of hydrogen-bond acceptors (Lipinski definition) is 13. The minimum atomic E-state index is -1.78. The van der Waals surface area contributed by atoms with Crippen LogP contribution >= 0.6 is 0 Å². The van der Waals surface area contributed by atoms with Crippen LogP contribution in [0.15, 0.2) is 0 Å². The van der Waals surface area contributed by atoms with Gasteiger partial charge in [-0.25, -0.2) is 0 Å². The minimum Gasteiger partial charge on any atom is -0.394 e. The smallest absolute Gasteiger partial charge is 0.220 e. The van der Waals surface area contributed by atoms with Crippen LogP contribution in [0.4, 0.5) is 0 Å². The molecule has 0 aromatic rings. The van der Waals surface area contributed by atoms with E-state index in [1.807, 2.05) is 0 Å². The van der Waals surface area contributed by atoms with Crippen molar-refractivity contribution in [1.29, 1.82) is 0 Å². The van der Waals surface area contributed by atoms with E-state index in [9.17, 15) is 45.6 Å². The SMILES string of the molecule is CCCCCCCCCCCCCCCCCCCCCCCC(O)C(COC1OC(CO)C(OC2OC(CO)C(O)C(O)C2O)C(O)C1O)NC(=O)CCCCCCCCCCCCCCC. The van der Waals surface area contributed by atoms with Crippen molar-refractivity contribution in [2.24, 2.45) is 0 Å². The number of ether oxygens (including phenoxy) is 4. The molecule has 0 aromatic heterocycles. The molecule has 0 bridgehead atoms. The van der Waals surface area contributed by atoms with Crippen LogP contribution < -0.4 is 5.32 Å². The second-order valence-electron chi connectivity index (χ2n) is 20.4. The van der Waals surface area contributed by atoms with Gasteiger partial charge in [-0.05, 0) is 12.8 Å². The third kappa shape index (κ3) is 27.7. The summed E-state index contributed by atoms with van der Waals surface area (Å²) in [7, 11) is 0. The van der Waals surface area contributed by atoms with Crippen molar-refractivity contribution in [2.75, 3.05) is 19.8 Å². The lowest BCUT2D eigenvalue weighted by molar-refractivity contribution is -0.359. The first-order valence-corrected chi connectivity index (χ1v) is 28.3. The van der Waals surface area contributed by atoms with E-state index in [1.165, 1.54) is 167 Å². The van der Waals surface area contributed by atoms with Gasteiger partial charge >= 0.3 is 0 Å². The largest absolute Gasteiger partial charge is 0.394 e. The van der Waals surface area contributed by atoms with Gasteiger partial charge in [0, 0.05) is 6.42 Å². The van der Waals surface area contributed by atoms with Gasteiger partial charge < -0.3 is 65.1 Å². The Morgan fingerprint density at radius 1 is 0.471 bits per heavy atom. The Labute approximate surface area is 413 Å². The zero-order valence-corrected chi connectivity index (χ0v) is 43.1. The molecule has 12 unspecified atom stereocenters. The lowest BCUT2D eigenvalue weighted by atomic mass is 9.97. The molecule has 68 heavy (non-hydrogen) atoms. The van der Waals surface area contributed by atoms with Gasteiger partial charge in [-0.3, -0.25) is 4.79 Å². The predicted molar refractivity (Wildman–Crippen MR) is 268 cm³/mol. The van der Waals surface area contributed by atoms with Crippen LogP contribution in [0.5, 0.6) is 0 Å². The maximum atomic E-state index is 13.2. The Balaban J connectivity index is 1.76. The summed E-state index contributed by atoms with van der Waals surface area (Å²) in [6.45, 7) is 2.88. The van der Waals surface area contributed by atoms with E-state index in [0.29, 0.717) is 12.8 Å². The zero-order valence-electron chi connectivity index (χ0n) is 43.1. The van der Waals surface area contributed by atoms with Gasteiger partial charge in [0.2, 0.25) is 5.91 Å². The Bertz CT molecular complexity index is 1150. The standard InChI is InChI=1S/C54H105NO13/c1-3-5-7-9-11-13-15-17-18-19-20-21-22-23-24-26-27-29-31-33-35-37-43(58)42(55-46(59)38-36-34-32-30-28-25-16-14-12-10-8-6-4-2)41-65-53-51(64)49(62)52(45(40-57)67-53)68-54-50(63)48(61)47(60)44(39-56)66-54/h42-45,47-54,56-58,60-64H,3-41H2,1-2H3,(H,55,59). The van der Waals surface area contributed by atoms with Crippen LogP contribution in [0.25, 0.3) is 0 Å². The highest BCUT2D eigenvalue weighted by Gasteiger charge is 2.51. The second-order valence-corrected chi connectivity index (χ2v) is 20.4. The van der Waals surface area contributed by atoms with Crippen LogP contribution in [0.3, 0.4) is 0 Å². The molecule has 404 valence electrons. The van der Waals surface area contributed by atoms with E-state index in [2.05, 4.69) is 19.2 Å². The number of carbonyl (C=O) groups excluding carboxylic acids is 1. The summed E-state index contributed by atoms with van der Waals surface area (Å²) >= 11 is 0. The highest BCUT2D eigenvalue weighted by Crippen LogP contribution is 2.30. The zero-order chi connectivity index (χ0) is 49.6. The normalized spacial score (nSPS) is 26.3. The maximum absolute atomic E-state index is 13.2. The molecule has 2 fully saturated rings. The molecular formula is C54H105NO13. The van der Waals surface area contributed by atoms with Crippen molar-refractivity contribution in [3.63, 3.8) is 0 Å². The lowest BCUT2D eigenvalue weighted by Gasteiger charge is -2.46. The van der Waals surface area contributed by atoms with E-state index in [-0.39, 0.29) is 12.5 Å². The van der Waals surface area contributed by atoms with Crippen molar-refractivity contribution >= 4 is 5.91 Å². The number of aliphatic hydroxyl groups is 8. The topological polar surface area (TPSA) is 228 Å². The fourth-order valence-corrected chi connectivity index (χ4v) is 9.71. The van der Waals surface area contributed by atoms with Crippen LogP contribution in [0.1, 0.15) is 245 Å². The van der Waals surface area contributed by atoms with Crippen molar-refractivity contribution in [2.45, 2.75) is 319 Å². The quantitative estimate of drug-likeness (QED) is 0.0261. The molecule has 2 rings (SSSR count). The van der Waals surface area contributed by atoms with Crippen LogP contribution in [-0.4, -0.2) is 140 Å². The third-order valence-electron chi connectivity index (χ3n) is 14.3. The van der Waals surface area contributed by atoms with Crippen molar-refractivity contribution in [3.8, 4) is 0 Å². The maximum Gasteiger partial charge on any atom is 0.220 e. The Morgan fingerprint density at radius 2 is 0.838 bits per heavy atom. The van der Waals surface area contributed by atoms with Gasteiger partial charge in [0.05, 0.1) is 32.0 Å². The molecule has 9 N–H and O–H groups in total. The summed E-state index contributed by atoms with van der Waals surface area (Å²) in [5.41, 5.74) is 0. The number of aliphatic hydroxyl groups excluding tert-OH is 8. The number of nitrogens with one attached hydrogen (secondary N) is 1. The first kappa shape index (κ1) is 63.1. The van der Waals surface area contributed by atoms with Crippen molar-refractivity contribution in [1.82, 2.24) is 5.32 Å². The molecule has 2 aliphatic rings. The summed E-state index contributed by atoms with van der Waals surface area (Å²) in [6.07, 6.45) is 26.7. The van der Waals surface area contributed by atoms with Crippen LogP contribution in [0, 0.1) is 0 Å². The first-order chi connectivity index (χ1) is 33.1. The van der Waals surface area contributed by atoms with Gasteiger partial charge in [0.25, 0.3) is 0 Å². The molecular weight excluding hydrogens is 871 g/mol. The van der Waals surface area contributed by atoms with E-state index in [4.69, 9.17) is 18.9 Å². The van der Waals surface area contributed by atoms with E-state index in [0.717, 1.165) is 51.4 Å². The molecule has 2 aliphatic heterocycles. The molecule has 14 heteroatoms. The average molecular weight is 976 g/mol. The number of rotatable bonds is 45. The van der Waals surface area contributed by atoms with Gasteiger partial charge in [-0.1, -0.05) is 226 Å². The molecule has 2 heterocycles. The third-order valence-corrected chi connectivity index (χ3v) is 14.3. The van der Waals surface area contributed by atoms with E-state index in [1.54, 1.807) is 0 Å². The highest BCUT2D eigenvalue weighted by molar-refractivity contribution is 5.76. The summed E-state index contributed by atoms with van der Waals surface area (Å²) in [6, 6.07) is -0.821. The monoisotopic (exact) mass is 976 g/mol. The van der Waals surface area contributed by atoms with E-state index >= 15 is 0 Å². The molecule has 0 spiro atoms. The molecule has 0 saturated carbocycles. The van der Waals surface area contributed by atoms with Gasteiger partial charge in [-0.15, -0.1) is 0 Å². The summed E-state index contributed by atoms with van der Waals surface area (Å²) < 4.78 is 22.8. The molecule has 2 saturated heterocycles. The van der Waals surface area contributed by atoms with Crippen LogP contribution in [-0.2, 0) is 23.7 Å². The predicted octanol–water partition coefficient (Wildman–Crippen LogP) is 8.56. The molecule has 14 nitrogen and oxygen atoms in total. The minimum absolute atomic E-state index is 0.203. The first-order valence-electron chi connectivity index (χ1n) is 28.3. The van der Waals surface area contributed by atoms with Gasteiger partial charge in [0.1, 0.15) is 48.8 Å². The molecule has 0 aliphatic carbocycles. The second kappa shape index (κ2) is 41.5. The fourth-order valence-electron chi connectivity index (χ4n) is 9.71. The number of hydrogen-bond donors (Lipinski definition) is 9. The number of carbonyl (C=O) groups is 1.